The Kier molecular flexibility index (Phi) is 6.90. The van der Waals surface area contributed by atoms with Gasteiger partial charge in [0.2, 0.25) is 10.0 Å². The molecule has 2 aromatic rings. The number of aromatic nitrogens is 1. The summed E-state index contributed by atoms with van der Waals surface area (Å²) in [5.74, 6) is 0.580. The molecule has 2 aliphatic carbocycles. The molecule has 3 fully saturated rings. The Morgan fingerprint density at radius 1 is 1.11 bits per heavy atom. The van der Waals surface area contributed by atoms with Crippen LogP contribution in [0.2, 0.25) is 0 Å². The molecule has 0 unspecified atom stereocenters. The summed E-state index contributed by atoms with van der Waals surface area (Å²) in [6.45, 7) is 2.68. The second kappa shape index (κ2) is 9.86. The molecule has 3 aliphatic rings. The van der Waals surface area contributed by atoms with E-state index in [0.29, 0.717) is 28.3 Å². The van der Waals surface area contributed by atoms with E-state index in [1.807, 2.05) is 0 Å². The first-order valence-electron chi connectivity index (χ1n) is 12.8. The minimum Gasteiger partial charge on any atom is -0.394 e. The van der Waals surface area contributed by atoms with Crippen LogP contribution in [0.3, 0.4) is 0 Å². The number of sulfonamides is 1. The van der Waals surface area contributed by atoms with Crippen LogP contribution in [0.25, 0.3) is 0 Å². The molecule has 1 aromatic carbocycles. The highest BCUT2D eigenvalue weighted by molar-refractivity contribution is 7.89. The molecule has 2 saturated carbocycles. The highest BCUT2D eigenvalue weighted by Gasteiger charge is 2.45. The molecule has 0 bridgehead atoms. The van der Waals surface area contributed by atoms with Gasteiger partial charge in [0, 0.05) is 24.8 Å². The lowest BCUT2D eigenvalue weighted by Gasteiger charge is -2.34. The first-order chi connectivity index (χ1) is 17.6. The topological polar surface area (TPSA) is 144 Å². The quantitative estimate of drug-likeness (QED) is 0.315. The van der Waals surface area contributed by atoms with Gasteiger partial charge >= 0.3 is 0 Å². The van der Waals surface area contributed by atoms with Crippen LogP contribution in [0.1, 0.15) is 55.8 Å². The number of rotatable bonds is 10. The number of aliphatic hydroxyl groups is 2. The fourth-order valence-electron chi connectivity index (χ4n) is 4.67. The maximum Gasteiger partial charge on any atom is 0.259 e. The zero-order valence-electron chi connectivity index (χ0n) is 21.0. The Morgan fingerprint density at radius 2 is 1.81 bits per heavy atom. The summed E-state index contributed by atoms with van der Waals surface area (Å²) in [6.07, 6.45) is 6.28. The lowest BCUT2D eigenvalue weighted by atomic mass is 9.93. The largest absolute Gasteiger partial charge is 0.394 e. The molecule has 1 saturated heterocycles. The van der Waals surface area contributed by atoms with E-state index in [9.17, 15) is 23.4 Å². The molecule has 37 heavy (non-hydrogen) atoms. The van der Waals surface area contributed by atoms with Gasteiger partial charge in [-0.25, -0.2) is 18.1 Å². The molecule has 5 N–H and O–H groups in total. The van der Waals surface area contributed by atoms with Crippen LogP contribution in [-0.4, -0.2) is 67.4 Å². The third-order valence-corrected chi connectivity index (χ3v) is 9.15. The van der Waals surface area contributed by atoms with Crippen molar-refractivity contribution >= 4 is 33.3 Å². The average molecular weight is 530 g/mol. The number of nitrogens with zero attached hydrogens (tertiary/aromatic N) is 2. The van der Waals surface area contributed by atoms with Crippen molar-refractivity contribution < 1.29 is 23.4 Å². The number of benzene rings is 1. The van der Waals surface area contributed by atoms with E-state index in [4.69, 9.17) is 4.98 Å². The van der Waals surface area contributed by atoms with E-state index in [-0.39, 0.29) is 24.2 Å². The van der Waals surface area contributed by atoms with Gasteiger partial charge in [0.15, 0.2) is 0 Å². The van der Waals surface area contributed by atoms with Gasteiger partial charge in [-0.05, 0) is 81.2 Å². The molecule has 0 radical (unpaired) electrons. The third kappa shape index (κ3) is 5.90. The molecule has 200 valence electrons. The number of nitrogens with one attached hydrogen (secondary N) is 3. The normalized spacial score (nSPS) is 19.1. The molecule has 11 heteroatoms. The standard InChI is InChI=1S/C26H35N5O5S/c1-25(16-32,17-33)29-22-8-7-21(23(28-22)31-13-11-26(9-10-26)12-14-31)24(34)27-19-3-2-4-20(15-19)37(35,36)30-18-5-6-18/h2-4,7-8,15,18,30,32-33H,5-6,9-14,16-17H2,1H3,(H,27,34)(H,28,29). The molecule has 1 aromatic heterocycles. The molecule has 1 spiro atoms. The van der Waals surface area contributed by atoms with Crippen molar-refractivity contribution in [1.82, 2.24) is 9.71 Å². The number of carbonyl (C=O) groups excluding carboxylic acids is 1. The van der Waals surface area contributed by atoms with Crippen molar-refractivity contribution in [2.45, 2.75) is 61.9 Å². The van der Waals surface area contributed by atoms with Gasteiger partial charge in [-0.15, -0.1) is 0 Å². The molecular formula is C26H35N5O5S. The highest BCUT2D eigenvalue weighted by Crippen LogP contribution is 2.54. The van der Waals surface area contributed by atoms with Gasteiger partial charge in [-0.3, -0.25) is 4.79 Å². The van der Waals surface area contributed by atoms with Crippen LogP contribution < -0.4 is 20.3 Å². The Hall–Kier alpha value is -2.73. The van der Waals surface area contributed by atoms with Crippen LogP contribution in [-0.2, 0) is 10.0 Å². The number of pyridine rings is 1. The molecular weight excluding hydrogens is 494 g/mol. The van der Waals surface area contributed by atoms with Gasteiger partial charge in [0.1, 0.15) is 11.6 Å². The van der Waals surface area contributed by atoms with Crippen molar-refractivity contribution in [2.75, 3.05) is 41.8 Å². The molecule has 5 rings (SSSR count). The van der Waals surface area contributed by atoms with Gasteiger partial charge in [0.25, 0.3) is 5.91 Å². The summed E-state index contributed by atoms with van der Waals surface area (Å²) >= 11 is 0. The summed E-state index contributed by atoms with van der Waals surface area (Å²) in [4.78, 5) is 20.4. The second-order valence-electron chi connectivity index (χ2n) is 10.9. The van der Waals surface area contributed by atoms with E-state index in [2.05, 4.69) is 20.3 Å². The lowest BCUT2D eigenvalue weighted by Crippen LogP contribution is -2.43. The molecule has 1 amide bonds. The van der Waals surface area contributed by atoms with Gasteiger partial charge in [-0.1, -0.05) is 6.07 Å². The predicted octanol–water partition coefficient (Wildman–Crippen LogP) is 2.31. The predicted molar refractivity (Wildman–Crippen MR) is 141 cm³/mol. The molecule has 2 heterocycles. The summed E-state index contributed by atoms with van der Waals surface area (Å²) in [7, 11) is -3.65. The Morgan fingerprint density at radius 3 is 2.43 bits per heavy atom. The summed E-state index contributed by atoms with van der Waals surface area (Å²) in [5.41, 5.74) is 0.229. The monoisotopic (exact) mass is 529 g/mol. The Balaban J connectivity index is 1.40. The van der Waals surface area contributed by atoms with E-state index < -0.39 is 21.5 Å². The third-order valence-electron chi connectivity index (χ3n) is 7.63. The average Bonchev–Trinajstić information content (AvgIpc) is 3.83. The number of amides is 1. The van der Waals surface area contributed by atoms with Crippen molar-refractivity contribution in [3.8, 4) is 0 Å². The minimum absolute atomic E-state index is 0.0122. The van der Waals surface area contributed by atoms with Gasteiger partial charge in [0.05, 0.1) is 29.2 Å². The molecule has 1 aliphatic heterocycles. The molecule has 0 atom stereocenters. The minimum atomic E-state index is -3.65. The smallest absolute Gasteiger partial charge is 0.259 e. The SMILES string of the molecule is CC(CO)(CO)Nc1ccc(C(=O)Nc2cccc(S(=O)(=O)NC3CC3)c2)c(N2CCC3(CC2)CC3)n1. The van der Waals surface area contributed by atoms with E-state index >= 15 is 0 Å². The number of anilines is 3. The van der Waals surface area contributed by atoms with Gasteiger partial charge < -0.3 is 25.7 Å². The van der Waals surface area contributed by atoms with Crippen LogP contribution in [0.4, 0.5) is 17.3 Å². The summed E-state index contributed by atoms with van der Waals surface area (Å²) in [6, 6.07) is 9.53. The van der Waals surface area contributed by atoms with Crippen molar-refractivity contribution in [1.29, 1.82) is 0 Å². The zero-order valence-corrected chi connectivity index (χ0v) is 21.9. The Bertz CT molecular complexity index is 1260. The van der Waals surface area contributed by atoms with Crippen molar-refractivity contribution in [3.05, 3.63) is 42.0 Å². The van der Waals surface area contributed by atoms with Crippen molar-refractivity contribution in [3.63, 3.8) is 0 Å². The van der Waals surface area contributed by atoms with Crippen molar-refractivity contribution in [2.24, 2.45) is 5.41 Å². The lowest BCUT2D eigenvalue weighted by molar-refractivity contribution is 0.102. The van der Waals surface area contributed by atoms with Crippen LogP contribution in [0.15, 0.2) is 41.3 Å². The summed E-state index contributed by atoms with van der Waals surface area (Å²) in [5, 5.41) is 25.3. The fraction of sp³-hybridized carbons (Fsp3) is 0.538. The van der Waals surface area contributed by atoms with Gasteiger partial charge in [-0.2, -0.15) is 0 Å². The number of piperidine rings is 1. The van der Waals surface area contributed by atoms with E-state index in [0.717, 1.165) is 38.8 Å². The van der Waals surface area contributed by atoms with Crippen LogP contribution in [0, 0.1) is 5.41 Å². The first kappa shape index (κ1) is 25.9. The number of hydrogen-bond donors (Lipinski definition) is 5. The fourth-order valence-corrected chi connectivity index (χ4v) is 6.02. The zero-order chi connectivity index (χ0) is 26.3. The van der Waals surface area contributed by atoms with Crippen LogP contribution >= 0.6 is 0 Å². The van der Waals surface area contributed by atoms with E-state index in [1.165, 1.54) is 25.0 Å². The second-order valence-corrected chi connectivity index (χ2v) is 12.6. The number of aliphatic hydroxyl groups excluding tert-OH is 2. The first-order valence-corrected chi connectivity index (χ1v) is 14.3. The maximum absolute atomic E-state index is 13.4. The molecule has 10 nitrogen and oxygen atoms in total. The highest BCUT2D eigenvalue weighted by atomic mass is 32.2. The van der Waals surface area contributed by atoms with E-state index in [1.54, 1.807) is 31.2 Å². The number of carbonyl (C=O) groups is 1. The van der Waals surface area contributed by atoms with Crippen LogP contribution in [0.5, 0.6) is 0 Å². The maximum atomic E-state index is 13.4. The number of hydrogen-bond acceptors (Lipinski definition) is 8. The Labute approximate surface area is 217 Å². The summed E-state index contributed by atoms with van der Waals surface area (Å²) < 4.78 is 27.9.